The highest BCUT2D eigenvalue weighted by Crippen LogP contribution is 2.24. The maximum atomic E-state index is 9.56. The largest absolute Gasteiger partial charge is 0.391 e. The van der Waals surface area contributed by atoms with E-state index in [1.807, 2.05) is 13.0 Å². The molecule has 0 saturated heterocycles. The average Bonchev–Trinajstić information content (AvgIpc) is 2.17. The lowest BCUT2D eigenvalue weighted by Gasteiger charge is -2.28. The molecule has 2 atom stereocenters. The Morgan fingerprint density at radius 3 is 3.00 bits per heavy atom. The molecule has 0 saturated carbocycles. The predicted molar refractivity (Wildman–Crippen MR) is 52.6 cm³/mol. The minimum atomic E-state index is -0.318. The zero-order valence-corrected chi connectivity index (χ0v) is 7.83. The highest BCUT2D eigenvalue weighted by molar-refractivity contribution is 5.32. The van der Waals surface area contributed by atoms with Gasteiger partial charge in [0.1, 0.15) is 0 Å². The molecule has 2 rings (SSSR count). The van der Waals surface area contributed by atoms with E-state index in [-0.39, 0.29) is 12.1 Å². The van der Waals surface area contributed by atoms with E-state index >= 15 is 0 Å². The molecule has 0 aromatic heterocycles. The van der Waals surface area contributed by atoms with E-state index in [2.05, 4.69) is 23.5 Å². The molecule has 70 valence electrons. The zero-order chi connectivity index (χ0) is 9.26. The van der Waals surface area contributed by atoms with Crippen molar-refractivity contribution in [2.75, 3.05) is 6.54 Å². The van der Waals surface area contributed by atoms with Gasteiger partial charge in [-0.05, 0) is 31.0 Å². The van der Waals surface area contributed by atoms with Crippen LogP contribution in [0.3, 0.4) is 0 Å². The molecule has 1 aromatic rings. The van der Waals surface area contributed by atoms with Crippen LogP contribution in [-0.2, 0) is 6.42 Å². The predicted octanol–water partition coefficient (Wildman–Crippen LogP) is 1.25. The van der Waals surface area contributed by atoms with Crippen LogP contribution in [-0.4, -0.2) is 17.8 Å². The van der Waals surface area contributed by atoms with Gasteiger partial charge in [-0.2, -0.15) is 0 Å². The summed E-state index contributed by atoms with van der Waals surface area (Å²) in [5.74, 6) is 0. The summed E-state index contributed by atoms with van der Waals surface area (Å²) in [5.41, 5.74) is 2.62. The van der Waals surface area contributed by atoms with Crippen molar-refractivity contribution >= 4 is 0 Å². The Morgan fingerprint density at radius 1 is 1.46 bits per heavy atom. The Balaban J connectivity index is 2.37. The van der Waals surface area contributed by atoms with Gasteiger partial charge in [0.2, 0.25) is 0 Å². The van der Waals surface area contributed by atoms with Crippen molar-refractivity contribution in [3.05, 3.63) is 35.4 Å². The Morgan fingerprint density at radius 2 is 2.23 bits per heavy atom. The van der Waals surface area contributed by atoms with Crippen LogP contribution in [0.5, 0.6) is 0 Å². The van der Waals surface area contributed by atoms with Gasteiger partial charge in [0.15, 0.2) is 0 Å². The van der Waals surface area contributed by atoms with Crippen LogP contribution in [0.15, 0.2) is 24.3 Å². The number of fused-ring (bicyclic) bond motifs is 1. The second-order valence-electron chi connectivity index (χ2n) is 3.62. The Hall–Kier alpha value is -0.860. The Bertz CT molecular complexity index is 296. The fourth-order valence-corrected chi connectivity index (χ4v) is 1.97. The summed E-state index contributed by atoms with van der Waals surface area (Å²) in [5, 5.41) is 12.9. The summed E-state index contributed by atoms with van der Waals surface area (Å²) in [6.07, 6.45) is 0.751. The molecule has 0 radical (unpaired) electrons. The van der Waals surface area contributed by atoms with E-state index in [4.69, 9.17) is 0 Å². The van der Waals surface area contributed by atoms with Gasteiger partial charge in [-0.3, -0.25) is 0 Å². The minimum Gasteiger partial charge on any atom is -0.391 e. The van der Waals surface area contributed by atoms with Gasteiger partial charge in [-0.15, -0.1) is 0 Å². The zero-order valence-electron chi connectivity index (χ0n) is 7.83. The third-order valence-corrected chi connectivity index (χ3v) is 2.63. The van der Waals surface area contributed by atoms with E-state index in [1.165, 1.54) is 11.1 Å². The van der Waals surface area contributed by atoms with E-state index in [1.54, 1.807) is 0 Å². The van der Waals surface area contributed by atoms with Crippen molar-refractivity contribution in [3.63, 3.8) is 0 Å². The average molecular weight is 177 g/mol. The topological polar surface area (TPSA) is 32.3 Å². The maximum absolute atomic E-state index is 9.56. The van der Waals surface area contributed by atoms with Crippen molar-refractivity contribution in [1.82, 2.24) is 5.32 Å². The SMILES string of the molecule is CC(O)C1NCCc2ccccc21. The molecule has 1 heterocycles. The molecule has 2 N–H and O–H groups in total. The summed E-state index contributed by atoms with van der Waals surface area (Å²) in [7, 11) is 0. The van der Waals surface area contributed by atoms with Crippen LogP contribution in [0, 0.1) is 0 Å². The van der Waals surface area contributed by atoms with Crippen molar-refractivity contribution in [1.29, 1.82) is 0 Å². The fraction of sp³-hybridized carbons (Fsp3) is 0.455. The Labute approximate surface area is 78.6 Å². The van der Waals surface area contributed by atoms with Gasteiger partial charge < -0.3 is 10.4 Å². The molecule has 2 nitrogen and oxygen atoms in total. The van der Waals surface area contributed by atoms with E-state index in [0.29, 0.717) is 0 Å². The van der Waals surface area contributed by atoms with Crippen LogP contribution < -0.4 is 5.32 Å². The van der Waals surface area contributed by atoms with Crippen molar-refractivity contribution in [2.45, 2.75) is 25.5 Å². The number of nitrogens with one attached hydrogen (secondary N) is 1. The van der Waals surface area contributed by atoms with Crippen molar-refractivity contribution in [2.24, 2.45) is 0 Å². The quantitative estimate of drug-likeness (QED) is 0.676. The summed E-state index contributed by atoms with van der Waals surface area (Å²) < 4.78 is 0. The van der Waals surface area contributed by atoms with Crippen LogP contribution in [0.1, 0.15) is 24.1 Å². The monoisotopic (exact) mass is 177 g/mol. The third-order valence-electron chi connectivity index (χ3n) is 2.63. The third kappa shape index (κ3) is 1.60. The molecule has 0 fully saturated rings. The van der Waals surface area contributed by atoms with Crippen molar-refractivity contribution in [3.8, 4) is 0 Å². The van der Waals surface area contributed by atoms with E-state index < -0.39 is 0 Å². The molecule has 0 amide bonds. The van der Waals surface area contributed by atoms with Gasteiger partial charge in [0.05, 0.1) is 12.1 Å². The van der Waals surface area contributed by atoms with Gasteiger partial charge >= 0.3 is 0 Å². The lowest BCUT2D eigenvalue weighted by molar-refractivity contribution is 0.142. The van der Waals surface area contributed by atoms with Gasteiger partial charge in [0, 0.05) is 0 Å². The van der Waals surface area contributed by atoms with Gasteiger partial charge in [-0.25, -0.2) is 0 Å². The van der Waals surface area contributed by atoms with Crippen LogP contribution in [0.25, 0.3) is 0 Å². The molecular formula is C11H15NO. The molecule has 1 aromatic carbocycles. The molecular weight excluding hydrogens is 162 g/mol. The summed E-state index contributed by atoms with van der Waals surface area (Å²) in [6, 6.07) is 8.44. The number of benzene rings is 1. The fourth-order valence-electron chi connectivity index (χ4n) is 1.97. The number of aliphatic hydroxyl groups is 1. The highest BCUT2D eigenvalue weighted by atomic mass is 16.3. The summed E-state index contributed by atoms with van der Waals surface area (Å²) >= 11 is 0. The molecule has 1 aliphatic heterocycles. The second-order valence-corrected chi connectivity index (χ2v) is 3.62. The second kappa shape index (κ2) is 3.48. The summed E-state index contributed by atoms with van der Waals surface area (Å²) in [4.78, 5) is 0. The van der Waals surface area contributed by atoms with Gasteiger partial charge in [-0.1, -0.05) is 24.3 Å². The van der Waals surface area contributed by atoms with E-state index in [0.717, 1.165) is 13.0 Å². The molecule has 2 unspecified atom stereocenters. The first-order valence-corrected chi connectivity index (χ1v) is 4.78. The van der Waals surface area contributed by atoms with Gasteiger partial charge in [0.25, 0.3) is 0 Å². The number of hydrogen-bond acceptors (Lipinski definition) is 2. The first-order valence-electron chi connectivity index (χ1n) is 4.78. The smallest absolute Gasteiger partial charge is 0.0706 e. The maximum Gasteiger partial charge on any atom is 0.0706 e. The first kappa shape index (κ1) is 8.73. The Kier molecular flexibility index (Phi) is 2.34. The lowest BCUT2D eigenvalue weighted by atomic mass is 9.92. The molecule has 2 heteroatoms. The summed E-state index contributed by atoms with van der Waals surface area (Å²) in [6.45, 7) is 2.80. The van der Waals surface area contributed by atoms with Crippen LogP contribution in [0.4, 0.5) is 0 Å². The molecule has 1 aliphatic rings. The van der Waals surface area contributed by atoms with E-state index in [9.17, 15) is 5.11 Å². The molecule has 0 aliphatic carbocycles. The minimum absolute atomic E-state index is 0.116. The highest BCUT2D eigenvalue weighted by Gasteiger charge is 2.22. The normalized spacial score (nSPS) is 23.7. The molecule has 0 bridgehead atoms. The molecule has 0 spiro atoms. The van der Waals surface area contributed by atoms with Crippen molar-refractivity contribution < 1.29 is 5.11 Å². The lowest BCUT2D eigenvalue weighted by Crippen LogP contribution is -2.36. The number of rotatable bonds is 1. The molecule has 13 heavy (non-hydrogen) atoms. The number of aliphatic hydroxyl groups excluding tert-OH is 1. The standard InChI is InChI=1S/C11H15NO/c1-8(13)11-10-5-3-2-4-9(10)6-7-12-11/h2-5,8,11-13H,6-7H2,1H3. The van der Waals surface area contributed by atoms with Crippen LogP contribution in [0.2, 0.25) is 0 Å². The first-order chi connectivity index (χ1) is 6.29. The number of hydrogen-bond donors (Lipinski definition) is 2. The van der Waals surface area contributed by atoms with Crippen LogP contribution >= 0.6 is 0 Å².